The predicted octanol–water partition coefficient (Wildman–Crippen LogP) is -0.332. The van der Waals surface area contributed by atoms with Crippen molar-refractivity contribution in [3.8, 4) is 0 Å². The van der Waals surface area contributed by atoms with E-state index in [4.69, 9.17) is 0 Å². The van der Waals surface area contributed by atoms with Crippen LogP contribution in [0.15, 0.2) is 0 Å². The summed E-state index contributed by atoms with van der Waals surface area (Å²) in [7, 11) is 3.71. The third-order valence-electron chi connectivity index (χ3n) is 0.894. The number of nitrogens with zero attached hydrogens (tertiary/aromatic N) is 1. The zero-order chi connectivity index (χ0) is 4.99. The second-order valence-corrected chi connectivity index (χ2v) is 1.30. The summed E-state index contributed by atoms with van der Waals surface area (Å²) >= 11 is 0. The Morgan fingerprint density at radius 1 is 1.29 bits per heavy atom. The third kappa shape index (κ3) is 6.50. The van der Waals surface area contributed by atoms with Crippen LogP contribution in [0.4, 0.5) is 0 Å². The van der Waals surface area contributed by atoms with Crippen LogP contribution in [0, 0.1) is 7.05 Å². The molecule has 0 amide bonds. The van der Waals surface area contributed by atoms with Crippen molar-refractivity contribution >= 4 is 17.6 Å². The Morgan fingerprint density at radius 3 is 1.57 bits per heavy atom. The fraction of sp³-hybridized carbons (Fsp3) is 0.800. The Kier molecular flexibility index (Phi) is 9.73. The molecule has 0 aromatic carbocycles. The summed E-state index contributed by atoms with van der Waals surface area (Å²) in [4.78, 5) is 2.00. The maximum absolute atomic E-state index is 3.71. The molecule has 0 atom stereocenters. The second kappa shape index (κ2) is 6.50. The fourth-order valence-electron chi connectivity index (χ4n) is 0.224. The van der Waals surface area contributed by atoms with Gasteiger partial charge in [-0.2, -0.15) is 0 Å². The van der Waals surface area contributed by atoms with E-state index in [9.17, 15) is 0 Å². The number of rotatable bonds is 2. The zero-order valence-corrected chi connectivity index (χ0v) is 4.57. The van der Waals surface area contributed by atoms with E-state index in [-0.39, 0.29) is 17.6 Å². The summed E-state index contributed by atoms with van der Waals surface area (Å²) in [6.45, 7) is 6.29. The van der Waals surface area contributed by atoms with Gasteiger partial charge in [0.05, 0.1) is 0 Å². The van der Waals surface area contributed by atoms with Gasteiger partial charge < -0.3 is 4.90 Å². The Hall–Kier alpha value is 0.503. The van der Waals surface area contributed by atoms with Crippen LogP contribution in [-0.2, 0) is 0 Å². The average molecular weight is 163 g/mol. The molecule has 0 aromatic heterocycles. The molecule has 7 heavy (non-hydrogen) atoms. The molecule has 0 aliphatic rings. The summed E-state index contributed by atoms with van der Waals surface area (Å²) in [6, 6.07) is 0. The standard InChI is InChI=1S/C5H12N.GeH4/c1-4-6(3)5-2;/h3-5H2,1-2H3;1H4. The normalized spacial score (nSPS) is 8.57. The summed E-state index contributed by atoms with van der Waals surface area (Å²) < 4.78 is 0. The topological polar surface area (TPSA) is 3.24 Å². The SMILES string of the molecule is [CH2]N(CC)CC.[GeH4]. The van der Waals surface area contributed by atoms with Crippen LogP contribution in [0.3, 0.4) is 0 Å². The van der Waals surface area contributed by atoms with E-state index in [0.29, 0.717) is 0 Å². The average Bonchev–Trinajstić information content (AvgIpc) is 1.65. The van der Waals surface area contributed by atoms with Crippen molar-refractivity contribution in [2.75, 3.05) is 13.1 Å². The number of hydrogen-bond donors (Lipinski definition) is 0. The van der Waals surface area contributed by atoms with E-state index < -0.39 is 0 Å². The first-order chi connectivity index (χ1) is 2.81. The molecule has 0 heterocycles. The van der Waals surface area contributed by atoms with Crippen LogP contribution in [0.25, 0.3) is 0 Å². The fourth-order valence-corrected chi connectivity index (χ4v) is 0.224. The zero-order valence-electron chi connectivity index (χ0n) is 4.57. The molecule has 0 bridgehead atoms. The maximum atomic E-state index is 3.71. The van der Waals surface area contributed by atoms with Gasteiger partial charge in [-0.1, -0.05) is 13.8 Å². The van der Waals surface area contributed by atoms with Crippen molar-refractivity contribution in [3.05, 3.63) is 7.05 Å². The van der Waals surface area contributed by atoms with Crippen molar-refractivity contribution in [1.82, 2.24) is 4.90 Å². The van der Waals surface area contributed by atoms with Crippen LogP contribution in [-0.4, -0.2) is 35.6 Å². The quantitative estimate of drug-likeness (QED) is 0.503. The Labute approximate surface area is 57.1 Å². The van der Waals surface area contributed by atoms with Gasteiger partial charge in [-0.3, -0.25) is 0 Å². The van der Waals surface area contributed by atoms with E-state index in [1.807, 2.05) is 4.90 Å². The molecule has 0 unspecified atom stereocenters. The first kappa shape index (κ1) is 10.5. The summed E-state index contributed by atoms with van der Waals surface area (Å²) in [6.07, 6.45) is 0. The molecule has 0 saturated carbocycles. The van der Waals surface area contributed by atoms with E-state index in [0.717, 1.165) is 13.1 Å². The van der Waals surface area contributed by atoms with Gasteiger partial charge in [-0.05, 0) is 13.1 Å². The first-order valence-corrected chi connectivity index (χ1v) is 2.36. The minimum absolute atomic E-state index is 0. The van der Waals surface area contributed by atoms with Crippen LogP contribution in [0.1, 0.15) is 13.8 Å². The first-order valence-electron chi connectivity index (χ1n) is 2.36. The summed E-state index contributed by atoms with van der Waals surface area (Å²) in [5.41, 5.74) is 0. The van der Waals surface area contributed by atoms with Gasteiger partial charge in [0, 0.05) is 7.05 Å². The minimum atomic E-state index is 0. The van der Waals surface area contributed by atoms with Crippen LogP contribution < -0.4 is 0 Å². The van der Waals surface area contributed by atoms with Gasteiger partial charge in [0.2, 0.25) is 0 Å². The molecule has 0 aliphatic carbocycles. The Balaban J connectivity index is 0. The molecule has 0 aromatic rings. The van der Waals surface area contributed by atoms with Crippen LogP contribution >= 0.6 is 0 Å². The van der Waals surface area contributed by atoms with Crippen LogP contribution in [0.5, 0.6) is 0 Å². The summed E-state index contributed by atoms with van der Waals surface area (Å²) in [5.74, 6) is 0. The molecular formula is C5H16GeN. The van der Waals surface area contributed by atoms with E-state index in [2.05, 4.69) is 20.9 Å². The van der Waals surface area contributed by atoms with E-state index >= 15 is 0 Å². The molecule has 45 valence electrons. The van der Waals surface area contributed by atoms with Crippen LogP contribution in [0.2, 0.25) is 0 Å². The monoisotopic (exact) mass is 164 g/mol. The molecule has 0 saturated heterocycles. The molecule has 0 aliphatic heterocycles. The van der Waals surface area contributed by atoms with Crippen molar-refractivity contribution < 1.29 is 0 Å². The van der Waals surface area contributed by atoms with Gasteiger partial charge in [0.1, 0.15) is 0 Å². The molecule has 0 fully saturated rings. The molecular weight excluding hydrogens is 147 g/mol. The predicted molar refractivity (Wildman–Crippen MR) is 39.6 cm³/mol. The van der Waals surface area contributed by atoms with Gasteiger partial charge in [0.15, 0.2) is 0 Å². The second-order valence-electron chi connectivity index (χ2n) is 1.30. The van der Waals surface area contributed by atoms with Crippen molar-refractivity contribution in [2.45, 2.75) is 13.8 Å². The van der Waals surface area contributed by atoms with Gasteiger partial charge in [-0.15, -0.1) is 0 Å². The van der Waals surface area contributed by atoms with Gasteiger partial charge >= 0.3 is 17.6 Å². The molecule has 1 nitrogen and oxygen atoms in total. The van der Waals surface area contributed by atoms with E-state index in [1.165, 1.54) is 0 Å². The number of hydrogen-bond acceptors (Lipinski definition) is 1. The Morgan fingerprint density at radius 2 is 1.57 bits per heavy atom. The molecule has 1 radical (unpaired) electrons. The molecule has 2 heteroatoms. The summed E-state index contributed by atoms with van der Waals surface area (Å²) in [5, 5.41) is 0. The van der Waals surface area contributed by atoms with Crippen molar-refractivity contribution in [3.63, 3.8) is 0 Å². The third-order valence-corrected chi connectivity index (χ3v) is 0.894. The molecule has 0 rings (SSSR count). The van der Waals surface area contributed by atoms with E-state index in [1.54, 1.807) is 0 Å². The molecule has 0 spiro atoms. The van der Waals surface area contributed by atoms with Crippen molar-refractivity contribution in [2.24, 2.45) is 0 Å². The van der Waals surface area contributed by atoms with Crippen molar-refractivity contribution in [1.29, 1.82) is 0 Å². The van der Waals surface area contributed by atoms with Gasteiger partial charge in [-0.25, -0.2) is 0 Å². The van der Waals surface area contributed by atoms with Gasteiger partial charge in [0.25, 0.3) is 0 Å². The molecule has 0 N–H and O–H groups in total. The Bertz CT molecular complexity index is 27.3.